The van der Waals surface area contributed by atoms with Crippen molar-refractivity contribution in [1.82, 2.24) is 4.90 Å². The summed E-state index contributed by atoms with van der Waals surface area (Å²) < 4.78 is 5.36. The molecule has 0 bridgehead atoms. The molecule has 1 saturated heterocycles. The van der Waals surface area contributed by atoms with Gasteiger partial charge in [-0.1, -0.05) is 36.4 Å². The Balaban J connectivity index is 0.00000169. The second-order valence-corrected chi connectivity index (χ2v) is 6.96. The smallest absolute Gasteiger partial charge is 0.119 e. The Kier molecular flexibility index (Phi) is 5.47. The number of hydrogen-bond donors (Lipinski definition) is 0. The number of benzene rings is 2. The molecule has 128 valence electrons. The summed E-state index contributed by atoms with van der Waals surface area (Å²) in [4.78, 5) is 2.67. The molecule has 0 N–H and O–H groups in total. The first kappa shape index (κ1) is 17.3. The summed E-state index contributed by atoms with van der Waals surface area (Å²) in [6.07, 6.45) is 3.79. The molecular weight excluding hydrogens is 318 g/mol. The predicted octanol–water partition coefficient (Wildman–Crippen LogP) is 4.64. The van der Waals surface area contributed by atoms with E-state index in [1.54, 1.807) is 12.7 Å². The van der Waals surface area contributed by atoms with Gasteiger partial charge in [-0.15, -0.1) is 12.4 Å². The van der Waals surface area contributed by atoms with Crippen molar-refractivity contribution in [1.29, 1.82) is 0 Å². The molecule has 0 radical (unpaired) electrons. The van der Waals surface area contributed by atoms with Gasteiger partial charge >= 0.3 is 0 Å². The normalized spacial score (nSPS) is 22.9. The topological polar surface area (TPSA) is 12.5 Å². The standard InChI is InChI=1S/C21H25NO.ClH/c1-23-20-9-10-21-17(13-20)7-8-19(21)15-22-12-11-18(14-22)16-5-3-2-4-6-16;/h2-6,9-10,13,18-19H,7-8,11-12,14-15H2,1H3;1H. The monoisotopic (exact) mass is 343 g/mol. The van der Waals surface area contributed by atoms with Crippen molar-refractivity contribution in [3.8, 4) is 5.75 Å². The number of likely N-dealkylation sites (tertiary alicyclic amines) is 1. The lowest BCUT2D eigenvalue weighted by molar-refractivity contribution is 0.309. The Morgan fingerprint density at radius 3 is 2.71 bits per heavy atom. The summed E-state index contributed by atoms with van der Waals surface area (Å²) in [6.45, 7) is 3.66. The zero-order valence-electron chi connectivity index (χ0n) is 14.3. The molecule has 2 atom stereocenters. The highest BCUT2D eigenvalue weighted by Crippen LogP contribution is 2.37. The van der Waals surface area contributed by atoms with Crippen LogP contribution in [0.3, 0.4) is 0 Å². The Morgan fingerprint density at radius 1 is 1.08 bits per heavy atom. The van der Waals surface area contributed by atoms with Crippen molar-refractivity contribution < 1.29 is 4.74 Å². The lowest BCUT2D eigenvalue weighted by atomic mass is 9.98. The summed E-state index contributed by atoms with van der Waals surface area (Å²) in [7, 11) is 1.75. The van der Waals surface area contributed by atoms with E-state index in [1.807, 2.05) is 0 Å². The molecule has 1 aliphatic heterocycles. The SMILES string of the molecule is COc1ccc2c(c1)CCC2CN1CCC(c2ccccc2)C1.Cl. The summed E-state index contributed by atoms with van der Waals surface area (Å²) in [5, 5.41) is 0. The highest BCUT2D eigenvalue weighted by Gasteiger charge is 2.29. The van der Waals surface area contributed by atoms with Crippen LogP contribution in [0, 0.1) is 0 Å². The molecule has 4 rings (SSSR count). The molecule has 0 aromatic heterocycles. The van der Waals surface area contributed by atoms with Gasteiger partial charge in [0.15, 0.2) is 0 Å². The van der Waals surface area contributed by atoms with E-state index in [1.165, 1.54) is 50.0 Å². The fraction of sp³-hybridized carbons (Fsp3) is 0.429. The van der Waals surface area contributed by atoms with E-state index >= 15 is 0 Å². The van der Waals surface area contributed by atoms with Gasteiger partial charge in [0.2, 0.25) is 0 Å². The molecule has 24 heavy (non-hydrogen) atoms. The first-order chi connectivity index (χ1) is 11.3. The van der Waals surface area contributed by atoms with Crippen molar-refractivity contribution in [3.05, 3.63) is 65.2 Å². The van der Waals surface area contributed by atoms with Crippen LogP contribution < -0.4 is 4.74 Å². The maximum Gasteiger partial charge on any atom is 0.119 e. The number of ether oxygens (including phenoxy) is 1. The second-order valence-electron chi connectivity index (χ2n) is 6.96. The van der Waals surface area contributed by atoms with Crippen molar-refractivity contribution >= 4 is 12.4 Å². The maximum absolute atomic E-state index is 5.36. The Labute approximate surface area is 151 Å². The largest absolute Gasteiger partial charge is 0.497 e. The van der Waals surface area contributed by atoms with Gasteiger partial charge in [0.25, 0.3) is 0 Å². The average Bonchev–Trinajstić information content (AvgIpc) is 3.23. The minimum Gasteiger partial charge on any atom is -0.497 e. The van der Waals surface area contributed by atoms with Gasteiger partial charge in [0.1, 0.15) is 5.75 Å². The molecule has 1 aliphatic carbocycles. The molecule has 2 aromatic carbocycles. The average molecular weight is 344 g/mol. The third-order valence-corrected chi connectivity index (χ3v) is 5.57. The van der Waals surface area contributed by atoms with Gasteiger partial charge in [-0.25, -0.2) is 0 Å². The van der Waals surface area contributed by atoms with Gasteiger partial charge in [-0.05, 0) is 66.5 Å². The van der Waals surface area contributed by atoms with E-state index in [4.69, 9.17) is 4.74 Å². The third kappa shape index (κ3) is 3.45. The van der Waals surface area contributed by atoms with E-state index in [9.17, 15) is 0 Å². The van der Waals surface area contributed by atoms with E-state index in [0.717, 1.165) is 5.75 Å². The molecule has 0 spiro atoms. The van der Waals surface area contributed by atoms with Crippen LogP contribution in [-0.2, 0) is 6.42 Å². The third-order valence-electron chi connectivity index (χ3n) is 5.57. The zero-order valence-corrected chi connectivity index (χ0v) is 15.1. The van der Waals surface area contributed by atoms with Crippen LogP contribution in [0.2, 0.25) is 0 Å². The molecule has 3 heteroatoms. The Morgan fingerprint density at radius 2 is 1.92 bits per heavy atom. The van der Waals surface area contributed by atoms with Crippen LogP contribution >= 0.6 is 12.4 Å². The molecule has 0 saturated carbocycles. The molecule has 2 aliphatic rings. The summed E-state index contributed by atoms with van der Waals surface area (Å²) in [6, 6.07) is 17.6. The lowest BCUT2D eigenvalue weighted by Gasteiger charge is -2.21. The van der Waals surface area contributed by atoms with Crippen LogP contribution in [0.5, 0.6) is 5.75 Å². The molecule has 0 amide bonds. The second kappa shape index (κ2) is 7.58. The van der Waals surface area contributed by atoms with E-state index < -0.39 is 0 Å². The summed E-state index contributed by atoms with van der Waals surface area (Å²) >= 11 is 0. The van der Waals surface area contributed by atoms with E-state index in [2.05, 4.69) is 53.4 Å². The Hall–Kier alpha value is -1.51. The van der Waals surface area contributed by atoms with Gasteiger partial charge in [-0.2, -0.15) is 0 Å². The van der Waals surface area contributed by atoms with Crippen molar-refractivity contribution in [2.45, 2.75) is 31.1 Å². The molecule has 2 nitrogen and oxygen atoms in total. The number of hydrogen-bond acceptors (Lipinski definition) is 2. The summed E-state index contributed by atoms with van der Waals surface area (Å²) in [5.41, 5.74) is 4.55. The fourth-order valence-electron chi connectivity index (χ4n) is 4.31. The van der Waals surface area contributed by atoms with Gasteiger partial charge < -0.3 is 9.64 Å². The molecule has 2 aromatic rings. The van der Waals surface area contributed by atoms with Crippen LogP contribution in [0.25, 0.3) is 0 Å². The minimum absolute atomic E-state index is 0. The quantitative estimate of drug-likeness (QED) is 0.802. The van der Waals surface area contributed by atoms with Crippen LogP contribution in [0.15, 0.2) is 48.5 Å². The molecule has 1 heterocycles. The number of aryl methyl sites for hydroxylation is 1. The van der Waals surface area contributed by atoms with Gasteiger partial charge in [0.05, 0.1) is 7.11 Å². The lowest BCUT2D eigenvalue weighted by Crippen LogP contribution is -2.25. The number of rotatable bonds is 4. The van der Waals surface area contributed by atoms with Crippen LogP contribution in [-0.4, -0.2) is 31.6 Å². The van der Waals surface area contributed by atoms with Gasteiger partial charge in [0, 0.05) is 13.1 Å². The number of fused-ring (bicyclic) bond motifs is 1. The number of methoxy groups -OCH3 is 1. The molecular formula is C21H26ClNO. The predicted molar refractivity (Wildman–Crippen MR) is 102 cm³/mol. The maximum atomic E-state index is 5.36. The van der Waals surface area contributed by atoms with Crippen molar-refractivity contribution in [2.24, 2.45) is 0 Å². The highest BCUT2D eigenvalue weighted by atomic mass is 35.5. The van der Waals surface area contributed by atoms with Gasteiger partial charge in [-0.3, -0.25) is 0 Å². The van der Waals surface area contributed by atoms with E-state index in [0.29, 0.717) is 11.8 Å². The van der Waals surface area contributed by atoms with Crippen molar-refractivity contribution in [2.75, 3.05) is 26.7 Å². The fourth-order valence-corrected chi connectivity index (χ4v) is 4.31. The number of halogens is 1. The minimum atomic E-state index is 0. The van der Waals surface area contributed by atoms with Crippen molar-refractivity contribution in [3.63, 3.8) is 0 Å². The Bertz CT molecular complexity index is 673. The molecule has 2 unspecified atom stereocenters. The zero-order chi connectivity index (χ0) is 15.6. The number of nitrogens with zero attached hydrogens (tertiary/aromatic N) is 1. The highest BCUT2D eigenvalue weighted by molar-refractivity contribution is 5.85. The van der Waals surface area contributed by atoms with E-state index in [-0.39, 0.29) is 12.4 Å². The molecule has 1 fully saturated rings. The van der Waals surface area contributed by atoms with Crippen LogP contribution in [0.1, 0.15) is 41.4 Å². The first-order valence-corrected chi connectivity index (χ1v) is 8.77. The summed E-state index contributed by atoms with van der Waals surface area (Å²) in [5.74, 6) is 2.41. The first-order valence-electron chi connectivity index (χ1n) is 8.77. The van der Waals surface area contributed by atoms with Crippen LogP contribution in [0.4, 0.5) is 0 Å².